The minimum Gasteiger partial charge on any atom is -0.463 e. The maximum atomic E-state index is 12.5. The Morgan fingerprint density at radius 2 is 2.21 bits per heavy atom. The Balaban J connectivity index is 1.68. The molecule has 0 aliphatic heterocycles. The molecule has 0 radical (unpaired) electrons. The molecular weight excluding hydrogens is 374 g/mol. The van der Waals surface area contributed by atoms with Gasteiger partial charge in [0.1, 0.15) is 5.69 Å². The molecule has 1 fully saturated rings. The highest BCUT2D eigenvalue weighted by Crippen LogP contribution is 2.50. The average Bonchev–Trinajstić information content (AvgIpc) is 3.49. The van der Waals surface area contributed by atoms with Crippen LogP contribution in [0.5, 0.6) is 5.88 Å². The SMILES string of the molecule is CC#CCOc1cnc(C(=O)Nc2cccc(C3(N=C(N)SC)CC3)c2)cn1. The number of carbonyl (C=O) groups excluding carboxylic acids is 1. The summed E-state index contributed by atoms with van der Waals surface area (Å²) in [6.07, 6.45) is 6.57. The second-order valence-electron chi connectivity index (χ2n) is 6.18. The van der Waals surface area contributed by atoms with Crippen molar-refractivity contribution >= 4 is 28.5 Å². The van der Waals surface area contributed by atoms with Crippen LogP contribution in [0.4, 0.5) is 5.69 Å². The van der Waals surface area contributed by atoms with E-state index in [4.69, 9.17) is 10.5 Å². The zero-order valence-electron chi connectivity index (χ0n) is 15.7. The Hall–Kier alpha value is -3.05. The van der Waals surface area contributed by atoms with Gasteiger partial charge in [0.15, 0.2) is 11.8 Å². The summed E-state index contributed by atoms with van der Waals surface area (Å²) in [6.45, 7) is 1.96. The van der Waals surface area contributed by atoms with Gasteiger partial charge in [-0.15, -0.1) is 5.92 Å². The number of amides is 1. The van der Waals surface area contributed by atoms with Crippen molar-refractivity contribution in [2.45, 2.75) is 25.3 Å². The van der Waals surface area contributed by atoms with Gasteiger partial charge >= 0.3 is 0 Å². The van der Waals surface area contributed by atoms with Gasteiger partial charge in [-0.2, -0.15) is 0 Å². The molecule has 0 saturated heterocycles. The Morgan fingerprint density at radius 1 is 1.39 bits per heavy atom. The molecule has 1 aliphatic carbocycles. The van der Waals surface area contributed by atoms with Crippen molar-refractivity contribution in [1.82, 2.24) is 9.97 Å². The molecule has 0 unspecified atom stereocenters. The number of nitrogens with two attached hydrogens (primary N) is 1. The first-order valence-corrected chi connectivity index (χ1v) is 9.94. The number of nitrogens with zero attached hydrogens (tertiary/aromatic N) is 3. The van der Waals surface area contributed by atoms with Gasteiger partial charge in [-0.1, -0.05) is 29.8 Å². The van der Waals surface area contributed by atoms with Crippen molar-refractivity contribution in [3.8, 4) is 17.7 Å². The predicted molar refractivity (Wildman–Crippen MR) is 111 cm³/mol. The van der Waals surface area contributed by atoms with E-state index in [1.165, 1.54) is 24.2 Å². The van der Waals surface area contributed by atoms with E-state index in [-0.39, 0.29) is 23.7 Å². The number of carbonyl (C=O) groups is 1. The number of amidine groups is 1. The predicted octanol–water partition coefficient (Wildman–Crippen LogP) is 2.80. The average molecular weight is 395 g/mol. The molecule has 3 rings (SSSR count). The first kappa shape index (κ1) is 19.7. The second kappa shape index (κ2) is 8.76. The third kappa shape index (κ3) is 4.81. The highest BCUT2D eigenvalue weighted by molar-refractivity contribution is 8.13. The number of nitrogens with one attached hydrogen (secondary N) is 1. The van der Waals surface area contributed by atoms with E-state index in [1.807, 2.05) is 30.5 Å². The van der Waals surface area contributed by atoms with Crippen LogP contribution in [0.15, 0.2) is 41.7 Å². The summed E-state index contributed by atoms with van der Waals surface area (Å²) in [6, 6.07) is 7.65. The van der Waals surface area contributed by atoms with E-state index in [2.05, 4.69) is 32.1 Å². The standard InChI is InChI=1S/C20H21N5O2S/c1-3-4-10-27-17-13-22-16(12-23-17)18(26)24-15-7-5-6-14(11-15)20(8-9-20)25-19(21)28-2/h5-7,11-13H,8-10H2,1-2H3,(H2,21,25)(H,24,26). The minimum atomic E-state index is -0.346. The summed E-state index contributed by atoms with van der Waals surface area (Å²) >= 11 is 1.43. The number of hydrogen-bond donors (Lipinski definition) is 2. The molecule has 1 aromatic carbocycles. The number of aliphatic imine (C=N–C) groups is 1. The summed E-state index contributed by atoms with van der Waals surface area (Å²) < 4.78 is 5.30. The Kier molecular flexibility index (Phi) is 6.16. The number of anilines is 1. The number of aromatic nitrogens is 2. The maximum Gasteiger partial charge on any atom is 0.275 e. The molecule has 7 nitrogen and oxygen atoms in total. The zero-order valence-corrected chi connectivity index (χ0v) is 16.5. The normalized spacial score (nSPS) is 14.6. The molecule has 0 spiro atoms. The van der Waals surface area contributed by atoms with Crippen molar-refractivity contribution in [3.05, 3.63) is 47.9 Å². The van der Waals surface area contributed by atoms with Gasteiger partial charge in [0.25, 0.3) is 5.91 Å². The third-order valence-corrected chi connectivity index (χ3v) is 4.75. The Bertz CT molecular complexity index is 943. The van der Waals surface area contributed by atoms with Gasteiger partial charge in [0.2, 0.25) is 5.88 Å². The van der Waals surface area contributed by atoms with Crippen LogP contribution in [0.1, 0.15) is 35.8 Å². The quantitative estimate of drug-likeness (QED) is 0.443. The molecule has 28 heavy (non-hydrogen) atoms. The van der Waals surface area contributed by atoms with E-state index < -0.39 is 0 Å². The van der Waals surface area contributed by atoms with E-state index >= 15 is 0 Å². The second-order valence-corrected chi connectivity index (χ2v) is 7.00. The van der Waals surface area contributed by atoms with Crippen molar-refractivity contribution in [1.29, 1.82) is 0 Å². The minimum absolute atomic E-state index is 0.199. The smallest absolute Gasteiger partial charge is 0.275 e. The van der Waals surface area contributed by atoms with E-state index in [0.717, 1.165) is 18.4 Å². The topological polar surface area (TPSA) is 102 Å². The van der Waals surface area contributed by atoms with Crippen LogP contribution >= 0.6 is 11.8 Å². The van der Waals surface area contributed by atoms with Crippen LogP contribution in [0.25, 0.3) is 0 Å². The molecule has 1 aromatic heterocycles. The number of benzene rings is 1. The fourth-order valence-electron chi connectivity index (χ4n) is 2.61. The lowest BCUT2D eigenvalue weighted by Crippen LogP contribution is -2.16. The molecule has 3 N–H and O–H groups in total. The Morgan fingerprint density at radius 3 is 2.86 bits per heavy atom. The van der Waals surface area contributed by atoms with Gasteiger partial charge < -0.3 is 15.8 Å². The molecule has 1 saturated carbocycles. The lowest BCUT2D eigenvalue weighted by molar-refractivity contribution is 0.102. The molecule has 0 atom stereocenters. The molecule has 2 aromatic rings. The van der Waals surface area contributed by atoms with E-state index in [1.54, 1.807) is 6.92 Å². The van der Waals surface area contributed by atoms with Crippen LogP contribution in [0.2, 0.25) is 0 Å². The van der Waals surface area contributed by atoms with E-state index in [9.17, 15) is 4.79 Å². The summed E-state index contributed by atoms with van der Waals surface area (Å²) in [5, 5.41) is 3.41. The Labute approximate surface area is 168 Å². The van der Waals surface area contributed by atoms with Crippen LogP contribution in [-0.2, 0) is 5.54 Å². The summed E-state index contributed by atoms with van der Waals surface area (Å²) in [4.78, 5) is 25.3. The largest absolute Gasteiger partial charge is 0.463 e. The molecule has 144 valence electrons. The molecule has 1 heterocycles. The van der Waals surface area contributed by atoms with Crippen LogP contribution in [-0.4, -0.2) is 33.9 Å². The van der Waals surface area contributed by atoms with Gasteiger partial charge in [0, 0.05) is 5.69 Å². The van der Waals surface area contributed by atoms with Crippen LogP contribution < -0.4 is 15.8 Å². The molecular formula is C20H21N5O2S. The molecule has 0 bridgehead atoms. The monoisotopic (exact) mass is 395 g/mol. The summed E-state index contributed by atoms with van der Waals surface area (Å²) in [5.74, 6) is 5.47. The molecule has 1 aliphatic rings. The lowest BCUT2D eigenvalue weighted by atomic mass is 10.0. The molecule has 8 heteroatoms. The van der Waals surface area contributed by atoms with Crippen molar-refractivity contribution in [3.63, 3.8) is 0 Å². The number of hydrogen-bond acceptors (Lipinski definition) is 6. The fourth-order valence-corrected chi connectivity index (χ4v) is 2.88. The summed E-state index contributed by atoms with van der Waals surface area (Å²) in [5.41, 5.74) is 7.53. The number of rotatable bonds is 6. The van der Waals surface area contributed by atoms with E-state index in [0.29, 0.717) is 16.7 Å². The van der Waals surface area contributed by atoms with Gasteiger partial charge in [-0.05, 0) is 43.7 Å². The molecule has 1 amide bonds. The lowest BCUT2D eigenvalue weighted by Gasteiger charge is -2.13. The highest BCUT2D eigenvalue weighted by atomic mass is 32.2. The van der Waals surface area contributed by atoms with Gasteiger partial charge in [-0.3, -0.25) is 9.79 Å². The highest BCUT2D eigenvalue weighted by Gasteiger charge is 2.44. The van der Waals surface area contributed by atoms with Crippen molar-refractivity contribution in [2.75, 3.05) is 18.2 Å². The third-order valence-electron chi connectivity index (χ3n) is 4.24. The van der Waals surface area contributed by atoms with Crippen LogP contribution in [0.3, 0.4) is 0 Å². The number of thioether (sulfide) groups is 1. The first-order valence-electron chi connectivity index (χ1n) is 8.72. The first-order chi connectivity index (χ1) is 13.6. The zero-order chi connectivity index (χ0) is 20.0. The summed E-state index contributed by atoms with van der Waals surface area (Å²) in [7, 11) is 0. The van der Waals surface area contributed by atoms with Crippen molar-refractivity contribution in [2.24, 2.45) is 10.7 Å². The fraction of sp³-hybridized carbons (Fsp3) is 0.300. The van der Waals surface area contributed by atoms with Gasteiger partial charge in [0.05, 0.1) is 17.9 Å². The van der Waals surface area contributed by atoms with Crippen molar-refractivity contribution < 1.29 is 9.53 Å². The number of ether oxygens (including phenoxy) is 1. The van der Waals surface area contributed by atoms with Gasteiger partial charge in [-0.25, -0.2) is 9.97 Å². The maximum absolute atomic E-state index is 12.5. The van der Waals surface area contributed by atoms with Crippen LogP contribution in [0, 0.1) is 11.8 Å².